The lowest BCUT2D eigenvalue weighted by atomic mass is 10.1. The highest BCUT2D eigenvalue weighted by atomic mass is 32.2. The van der Waals surface area contributed by atoms with E-state index in [2.05, 4.69) is 22.5 Å². The zero-order valence-electron chi connectivity index (χ0n) is 14.6. The van der Waals surface area contributed by atoms with Crippen molar-refractivity contribution in [2.45, 2.75) is 35.8 Å². The molecule has 5 nitrogen and oxygen atoms in total. The summed E-state index contributed by atoms with van der Waals surface area (Å²) in [5.74, 6) is 2.06. The van der Waals surface area contributed by atoms with Gasteiger partial charge in [0.2, 0.25) is 0 Å². The molecule has 1 aliphatic heterocycles. The van der Waals surface area contributed by atoms with Crippen LogP contribution in [0.4, 0.5) is 0 Å². The average molecular weight is 370 g/mol. The Kier molecular flexibility index (Phi) is 6.57. The topological polar surface area (TPSA) is 70.6 Å². The van der Waals surface area contributed by atoms with Gasteiger partial charge in [-0.1, -0.05) is 12.1 Å². The maximum atomic E-state index is 11.5. The SMILES string of the molecule is CN=C(NCCc1ccc(S(C)(=O)=O)cc1)NCC1(C)CCCS1. The lowest BCUT2D eigenvalue weighted by Gasteiger charge is -2.24. The molecule has 1 aromatic carbocycles. The highest BCUT2D eigenvalue weighted by Gasteiger charge is 2.29. The van der Waals surface area contributed by atoms with Gasteiger partial charge in [0.25, 0.3) is 0 Å². The van der Waals surface area contributed by atoms with Crippen LogP contribution in [-0.2, 0) is 16.3 Å². The van der Waals surface area contributed by atoms with Gasteiger partial charge in [-0.15, -0.1) is 0 Å². The van der Waals surface area contributed by atoms with Crippen LogP contribution < -0.4 is 10.6 Å². The molecule has 0 bridgehead atoms. The summed E-state index contributed by atoms with van der Waals surface area (Å²) in [4.78, 5) is 4.62. The molecule has 1 atom stereocenters. The molecule has 1 unspecified atom stereocenters. The van der Waals surface area contributed by atoms with Crippen LogP contribution in [0, 0.1) is 0 Å². The van der Waals surface area contributed by atoms with E-state index in [-0.39, 0.29) is 0 Å². The second-order valence-corrected chi connectivity index (χ2v) is 10.1. The van der Waals surface area contributed by atoms with Gasteiger partial charge in [-0.2, -0.15) is 11.8 Å². The Balaban J connectivity index is 1.77. The smallest absolute Gasteiger partial charge is 0.191 e. The van der Waals surface area contributed by atoms with Crippen LogP contribution in [0.2, 0.25) is 0 Å². The van der Waals surface area contributed by atoms with Crippen LogP contribution >= 0.6 is 11.8 Å². The van der Waals surface area contributed by atoms with E-state index >= 15 is 0 Å². The Bertz CT molecular complexity index is 664. The van der Waals surface area contributed by atoms with Gasteiger partial charge in [0.15, 0.2) is 15.8 Å². The Labute approximate surface area is 149 Å². The maximum Gasteiger partial charge on any atom is 0.191 e. The summed E-state index contributed by atoms with van der Waals surface area (Å²) in [5, 5.41) is 6.72. The number of benzene rings is 1. The molecular formula is C17H27N3O2S2. The highest BCUT2D eigenvalue weighted by molar-refractivity contribution is 8.00. The normalized spacial score (nSPS) is 21.7. The quantitative estimate of drug-likeness (QED) is 0.593. The summed E-state index contributed by atoms with van der Waals surface area (Å²) in [7, 11) is -1.35. The number of guanidine groups is 1. The van der Waals surface area contributed by atoms with Gasteiger partial charge in [0.1, 0.15) is 0 Å². The molecule has 0 saturated carbocycles. The van der Waals surface area contributed by atoms with Gasteiger partial charge in [0, 0.05) is 31.1 Å². The third-order valence-corrected chi connectivity index (χ3v) is 6.88. The van der Waals surface area contributed by atoms with Gasteiger partial charge >= 0.3 is 0 Å². The van der Waals surface area contributed by atoms with Crippen molar-refractivity contribution in [3.05, 3.63) is 29.8 Å². The minimum absolute atomic E-state index is 0.305. The number of hydrogen-bond donors (Lipinski definition) is 2. The molecular weight excluding hydrogens is 342 g/mol. The molecule has 0 spiro atoms. The number of thioether (sulfide) groups is 1. The van der Waals surface area contributed by atoms with Crippen molar-refractivity contribution in [2.75, 3.05) is 32.1 Å². The van der Waals surface area contributed by atoms with Crippen molar-refractivity contribution in [2.24, 2.45) is 4.99 Å². The van der Waals surface area contributed by atoms with Crippen LogP contribution in [0.1, 0.15) is 25.3 Å². The third kappa shape index (κ3) is 5.70. The number of nitrogens with zero attached hydrogens (tertiary/aromatic N) is 1. The average Bonchev–Trinajstić information content (AvgIpc) is 2.97. The number of nitrogens with one attached hydrogen (secondary N) is 2. The fourth-order valence-corrected chi connectivity index (χ4v) is 4.57. The minimum atomic E-state index is -3.13. The molecule has 0 radical (unpaired) electrons. The maximum absolute atomic E-state index is 11.5. The Morgan fingerprint density at radius 2 is 2.00 bits per heavy atom. The molecule has 0 amide bonds. The summed E-state index contributed by atoms with van der Waals surface area (Å²) in [5.41, 5.74) is 1.10. The first-order valence-electron chi connectivity index (χ1n) is 8.20. The first-order chi connectivity index (χ1) is 11.3. The highest BCUT2D eigenvalue weighted by Crippen LogP contribution is 2.36. The Morgan fingerprint density at radius 3 is 2.54 bits per heavy atom. The monoisotopic (exact) mass is 369 g/mol. The van der Waals surface area contributed by atoms with E-state index in [0.29, 0.717) is 9.64 Å². The molecule has 7 heteroatoms. The summed E-state index contributed by atoms with van der Waals surface area (Å²) in [6.07, 6.45) is 4.58. The largest absolute Gasteiger partial charge is 0.356 e. The van der Waals surface area contributed by atoms with E-state index in [0.717, 1.165) is 31.0 Å². The molecule has 1 aliphatic rings. The molecule has 0 aromatic heterocycles. The van der Waals surface area contributed by atoms with Crippen LogP contribution in [0.3, 0.4) is 0 Å². The fourth-order valence-electron chi connectivity index (χ4n) is 2.70. The zero-order valence-corrected chi connectivity index (χ0v) is 16.3. The van der Waals surface area contributed by atoms with E-state index in [1.807, 2.05) is 23.9 Å². The molecule has 2 N–H and O–H groups in total. The molecule has 134 valence electrons. The van der Waals surface area contributed by atoms with Crippen molar-refractivity contribution in [1.29, 1.82) is 0 Å². The van der Waals surface area contributed by atoms with Gasteiger partial charge in [-0.05, 0) is 49.6 Å². The lowest BCUT2D eigenvalue weighted by molar-refractivity contribution is 0.584. The summed E-state index contributed by atoms with van der Waals surface area (Å²) >= 11 is 2.03. The summed E-state index contributed by atoms with van der Waals surface area (Å²) in [6.45, 7) is 3.97. The number of sulfone groups is 1. The van der Waals surface area contributed by atoms with E-state index in [1.165, 1.54) is 24.9 Å². The molecule has 0 aliphatic carbocycles. The number of rotatable bonds is 6. The molecule has 2 rings (SSSR count). The van der Waals surface area contributed by atoms with Crippen LogP contribution in [-0.4, -0.2) is 51.3 Å². The first kappa shape index (κ1) is 19.1. The van der Waals surface area contributed by atoms with E-state index in [4.69, 9.17) is 0 Å². The number of aliphatic imine (C=N–C) groups is 1. The molecule has 1 heterocycles. The van der Waals surface area contributed by atoms with E-state index < -0.39 is 9.84 Å². The van der Waals surface area contributed by atoms with Crippen LogP contribution in [0.25, 0.3) is 0 Å². The lowest BCUT2D eigenvalue weighted by Crippen LogP contribution is -2.44. The first-order valence-corrected chi connectivity index (χ1v) is 11.1. The minimum Gasteiger partial charge on any atom is -0.356 e. The molecule has 24 heavy (non-hydrogen) atoms. The molecule has 1 fully saturated rings. The summed E-state index contributed by atoms with van der Waals surface area (Å²) < 4.78 is 23.2. The van der Waals surface area contributed by atoms with Crippen molar-refractivity contribution in [1.82, 2.24) is 10.6 Å². The second kappa shape index (κ2) is 8.25. The van der Waals surface area contributed by atoms with Gasteiger partial charge in [-0.3, -0.25) is 4.99 Å². The number of hydrogen-bond acceptors (Lipinski definition) is 4. The molecule has 1 aromatic rings. The van der Waals surface area contributed by atoms with Gasteiger partial charge in [-0.25, -0.2) is 8.42 Å². The van der Waals surface area contributed by atoms with E-state index in [9.17, 15) is 8.42 Å². The predicted molar refractivity (Wildman–Crippen MR) is 103 cm³/mol. The molecule has 1 saturated heterocycles. The third-order valence-electron chi connectivity index (χ3n) is 4.21. The van der Waals surface area contributed by atoms with Crippen LogP contribution in [0.15, 0.2) is 34.2 Å². The van der Waals surface area contributed by atoms with Crippen molar-refractivity contribution in [3.63, 3.8) is 0 Å². The van der Waals surface area contributed by atoms with Crippen LogP contribution in [0.5, 0.6) is 0 Å². The zero-order chi connectivity index (χ0) is 17.6. The Morgan fingerprint density at radius 1 is 1.29 bits per heavy atom. The van der Waals surface area contributed by atoms with Crippen molar-refractivity contribution >= 4 is 27.6 Å². The van der Waals surface area contributed by atoms with Gasteiger partial charge < -0.3 is 10.6 Å². The fraction of sp³-hybridized carbons (Fsp3) is 0.588. The standard InChI is InChI=1S/C17H27N3O2S2/c1-17(10-4-12-23-17)13-20-16(18-2)19-11-9-14-5-7-15(8-6-14)24(3,21)22/h5-8H,4,9-13H2,1-3H3,(H2,18,19,20). The van der Waals surface area contributed by atoms with Gasteiger partial charge in [0.05, 0.1) is 4.90 Å². The van der Waals surface area contributed by atoms with Crippen molar-refractivity contribution in [3.8, 4) is 0 Å². The van der Waals surface area contributed by atoms with E-state index in [1.54, 1.807) is 19.2 Å². The predicted octanol–water partition coefficient (Wildman–Crippen LogP) is 2.08. The van der Waals surface area contributed by atoms with Crippen molar-refractivity contribution < 1.29 is 8.42 Å². The Hall–Kier alpha value is -1.21. The summed E-state index contributed by atoms with van der Waals surface area (Å²) in [6, 6.07) is 7.06. The second-order valence-electron chi connectivity index (χ2n) is 6.42.